The number of fused-ring (bicyclic) bond motifs is 2. The minimum atomic E-state index is -0.621. The average Bonchev–Trinajstić information content (AvgIpc) is 3.08. The minimum Gasteiger partial charge on any atom is -0.491 e. The van der Waals surface area contributed by atoms with Crippen molar-refractivity contribution in [2.45, 2.75) is 25.1 Å². The number of thioether (sulfide) groups is 1. The molecule has 2 aromatic heterocycles. The maximum absolute atomic E-state index is 10.2. The van der Waals surface area contributed by atoms with Crippen LogP contribution in [-0.4, -0.2) is 43.2 Å². The van der Waals surface area contributed by atoms with Crippen LogP contribution >= 0.6 is 11.8 Å². The van der Waals surface area contributed by atoms with E-state index in [1.165, 1.54) is 11.8 Å². The maximum Gasteiger partial charge on any atom is 0.253 e. The summed E-state index contributed by atoms with van der Waals surface area (Å²) in [6, 6.07) is 16.0. The molecule has 0 saturated heterocycles. The van der Waals surface area contributed by atoms with E-state index in [9.17, 15) is 5.11 Å². The summed E-state index contributed by atoms with van der Waals surface area (Å²) in [7, 11) is 0. The van der Waals surface area contributed by atoms with Crippen molar-refractivity contribution in [2.24, 2.45) is 0 Å². The van der Waals surface area contributed by atoms with Crippen molar-refractivity contribution in [1.82, 2.24) is 19.6 Å². The number of hydrogen-bond acceptors (Lipinski definition) is 6. The molecule has 0 bridgehead atoms. The van der Waals surface area contributed by atoms with Gasteiger partial charge in [0.2, 0.25) is 5.16 Å². The summed E-state index contributed by atoms with van der Waals surface area (Å²) in [6.07, 6.45) is -0.621. The molecule has 4 aromatic rings. The van der Waals surface area contributed by atoms with E-state index in [-0.39, 0.29) is 6.61 Å². The summed E-state index contributed by atoms with van der Waals surface area (Å²) < 4.78 is 7.45. The molecule has 0 radical (unpaired) electrons. The first kappa shape index (κ1) is 17.8. The van der Waals surface area contributed by atoms with Crippen LogP contribution in [0.4, 0.5) is 0 Å². The van der Waals surface area contributed by atoms with Gasteiger partial charge in [-0.2, -0.15) is 4.98 Å². The van der Waals surface area contributed by atoms with Crippen molar-refractivity contribution in [2.75, 3.05) is 12.4 Å². The van der Waals surface area contributed by atoms with Crippen molar-refractivity contribution in [3.63, 3.8) is 0 Å². The van der Waals surface area contributed by atoms with E-state index >= 15 is 0 Å². The van der Waals surface area contributed by atoms with Crippen LogP contribution in [0.3, 0.4) is 0 Å². The van der Waals surface area contributed by atoms with Crippen molar-refractivity contribution in [3.05, 3.63) is 59.9 Å². The molecule has 138 valence electrons. The van der Waals surface area contributed by atoms with E-state index in [1.807, 2.05) is 56.3 Å². The number of nitrogens with zero attached hydrogens (tertiary/aromatic N) is 4. The highest BCUT2D eigenvalue weighted by atomic mass is 32.2. The van der Waals surface area contributed by atoms with Gasteiger partial charge >= 0.3 is 0 Å². The van der Waals surface area contributed by atoms with Gasteiger partial charge in [0.25, 0.3) is 5.78 Å². The second-order valence-electron chi connectivity index (χ2n) is 6.43. The molecule has 0 aliphatic rings. The minimum absolute atomic E-state index is 0.217. The lowest BCUT2D eigenvalue weighted by Crippen LogP contribution is -2.20. The Morgan fingerprint density at radius 3 is 2.74 bits per heavy atom. The highest BCUT2D eigenvalue weighted by Gasteiger charge is 2.12. The second kappa shape index (κ2) is 7.54. The number of aryl methyl sites for hydroxylation is 2. The van der Waals surface area contributed by atoms with Gasteiger partial charge < -0.3 is 9.84 Å². The lowest BCUT2D eigenvalue weighted by Gasteiger charge is -2.11. The third-order valence-corrected chi connectivity index (χ3v) is 5.15. The van der Waals surface area contributed by atoms with Crippen molar-refractivity contribution in [3.8, 4) is 5.75 Å². The van der Waals surface area contributed by atoms with Gasteiger partial charge in [-0.25, -0.2) is 9.50 Å². The summed E-state index contributed by atoms with van der Waals surface area (Å²) in [5.74, 6) is 1.78. The molecule has 4 rings (SSSR count). The van der Waals surface area contributed by atoms with Gasteiger partial charge in [0.15, 0.2) is 0 Å². The first-order chi connectivity index (χ1) is 13.1. The van der Waals surface area contributed by atoms with E-state index < -0.39 is 6.10 Å². The Kier molecular flexibility index (Phi) is 4.96. The van der Waals surface area contributed by atoms with E-state index in [0.717, 1.165) is 27.9 Å². The molecule has 1 atom stereocenters. The van der Waals surface area contributed by atoms with Crippen LogP contribution in [0.5, 0.6) is 5.75 Å². The zero-order valence-electron chi connectivity index (χ0n) is 15.2. The molecule has 0 fully saturated rings. The van der Waals surface area contributed by atoms with Crippen molar-refractivity contribution in [1.29, 1.82) is 0 Å². The van der Waals surface area contributed by atoms with Gasteiger partial charge in [0, 0.05) is 17.1 Å². The predicted molar refractivity (Wildman–Crippen MR) is 106 cm³/mol. The number of aromatic nitrogens is 4. The molecule has 0 unspecified atom stereocenters. The Labute approximate surface area is 161 Å². The predicted octanol–water partition coefficient (Wildman–Crippen LogP) is 3.43. The standard InChI is InChI=1S/C20H20N4O2S/c1-13-9-14(2)24-19(21-13)22-20(23-24)27-12-17(25)11-26-18-8-7-15-5-3-4-6-16(15)10-18/h3-10,17,25H,11-12H2,1-2H3/t17-/m0/s1. The molecule has 0 saturated carbocycles. The normalized spacial score (nSPS) is 12.6. The number of rotatable bonds is 6. The highest BCUT2D eigenvalue weighted by molar-refractivity contribution is 7.99. The molecule has 27 heavy (non-hydrogen) atoms. The van der Waals surface area contributed by atoms with Crippen molar-refractivity contribution >= 4 is 28.3 Å². The molecule has 2 aromatic carbocycles. The molecular formula is C20H20N4O2S. The second-order valence-corrected chi connectivity index (χ2v) is 7.42. The highest BCUT2D eigenvalue weighted by Crippen LogP contribution is 2.21. The van der Waals surface area contributed by atoms with Gasteiger partial charge in [-0.3, -0.25) is 0 Å². The Hall–Kier alpha value is -2.64. The van der Waals surface area contributed by atoms with Gasteiger partial charge in [0.05, 0.1) is 6.10 Å². The Morgan fingerprint density at radius 1 is 1.07 bits per heavy atom. The van der Waals surface area contributed by atoms with Gasteiger partial charge in [0.1, 0.15) is 12.4 Å². The third-order valence-electron chi connectivity index (χ3n) is 4.17. The van der Waals surface area contributed by atoms with Crippen LogP contribution in [0.15, 0.2) is 53.7 Å². The fraction of sp³-hybridized carbons (Fsp3) is 0.250. The Morgan fingerprint density at radius 2 is 1.89 bits per heavy atom. The summed E-state index contributed by atoms with van der Waals surface area (Å²) in [5.41, 5.74) is 1.89. The maximum atomic E-state index is 10.2. The summed E-state index contributed by atoms with van der Waals surface area (Å²) >= 11 is 1.39. The van der Waals surface area contributed by atoms with Crippen LogP contribution in [-0.2, 0) is 0 Å². The number of ether oxygens (including phenoxy) is 1. The molecule has 2 heterocycles. The fourth-order valence-electron chi connectivity index (χ4n) is 2.88. The summed E-state index contributed by atoms with van der Waals surface area (Å²) in [4.78, 5) is 8.78. The molecule has 0 aliphatic heterocycles. The van der Waals surface area contributed by atoms with E-state index in [1.54, 1.807) is 4.52 Å². The fourth-order valence-corrected chi connectivity index (χ4v) is 3.60. The quantitative estimate of drug-likeness (QED) is 0.517. The van der Waals surface area contributed by atoms with E-state index in [2.05, 4.69) is 21.1 Å². The van der Waals surface area contributed by atoms with Crippen LogP contribution in [0.1, 0.15) is 11.4 Å². The summed E-state index contributed by atoms with van der Waals surface area (Å²) in [6.45, 7) is 4.12. The van der Waals surface area contributed by atoms with Gasteiger partial charge in [-0.05, 0) is 42.8 Å². The third kappa shape index (κ3) is 4.04. The van der Waals surface area contributed by atoms with Crippen LogP contribution in [0, 0.1) is 13.8 Å². The van der Waals surface area contributed by atoms with Crippen molar-refractivity contribution < 1.29 is 9.84 Å². The SMILES string of the molecule is Cc1cc(C)n2nc(SC[C@@H](O)COc3ccc4ccccc4c3)nc2n1. The smallest absolute Gasteiger partial charge is 0.253 e. The van der Waals surface area contributed by atoms with Crippen LogP contribution in [0.2, 0.25) is 0 Å². The lowest BCUT2D eigenvalue weighted by atomic mass is 10.1. The average molecular weight is 380 g/mol. The summed E-state index contributed by atoms with van der Waals surface area (Å²) in [5, 5.41) is 17.5. The molecule has 0 amide bonds. The number of aliphatic hydroxyl groups excluding tert-OH is 1. The first-order valence-electron chi connectivity index (χ1n) is 8.72. The van der Waals surface area contributed by atoms with E-state index in [0.29, 0.717) is 16.7 Å². The topological polar surface area (TPSA) is 72.5 Å². The molecule has 1 N–H and O–H groups in total. The molecular weight excluding hydrogens is 360 g/mol. The molecule has 0 aliphatic carbocycles. The first-order valence-corrected chi connectivity index (χ1v) is 9.70. The number of aliphatic hydroxyl groups is 1. The van der Waals surface area contributed by atoms with Gasteiger partial charge in [-0.15, -0.1) is 5.10 Å². The largest absolute Gasteiger partial charge is 0.491 e. The molecule has 6 nitrogen and oxygen atoms in total. The number of hydrogen-bond donors (Lipinski definition) is 1. The zero-order valence-corrected chi connectivity index (χ0v) is 16.0. The van der Waals surface area contributed by atoms with Crippen LogP contribution < -0.4 is 4.74 Å². The van der Waals surface area contributed by atoms with Crippen LogP contribution in [0.25, 0.3) is 16.6 Å². The van der Waals surface area contributed by atoms with Gasteiger partial charge in [-0.1, -0.05) is 42.1 Å². The zero-order chi connectivity index (χ0) is 18.8. The Balaban J connectivity index is 1.35. The Bertz CT molecular complexity index is 1100. The number of benzene rings is 2. The molecule has 0 spiro atoms. The molecule has 7 heteroatoms. The van der Waals surface area contributed by atoms with E-state index in [4.69, 9.17) is 4.74 Å². The lowest BCUT2D eigenvalue weighted by molar-refractivity contribution is 0.126. The monoisotopic (exact) mass is 380 g/mol.